The third-order valence-corrected chi connectivity index (χ3v) is 8.25. The number of rotatable bonds is 9. The van der Waals surface area contributed by atoms with E-state index < -0.39 is 15.9 Å². The number of sulfonamides is 1. The number of halogens is 1. The second kappa shape index (κ2) is 11.6. The summed E-state index contributed by atoms with van der Waals surface area (Å²) in [4.78, 5) is 15.1. The van der Waals surface area contributed by atoms with Crippen LogP contribution in [0.1, 0.15) is 5.56 Å². The molecule has 0 aliphatic heterocycles. The minimum absolute atomic E-state index is 0.0300. The molecule has 1 amide bonds. The zero-order valence-corrected chi connectivity index (χ0v) is 21.1. The molecule has 4 aromatic rings. The van der Waals surface area contributed by atoms with Crippen molar-refractivity contribution >= 4 is 45.0 Å². The molecule has 0 aliphatic carbocycles. The van der Waals surface area contributed by atoms with E-state index in [1.807, 2.05) is 48.5 Å². The van der Waals surface area contributed by atoms with Crippen LogP contribution in [0.2, 0.25) is 5.02 Å². The van der Waals surface area contributed by atoms with Gasteiger partial charge in [0.25, 0.3) is 0 Å². The average Bonchev–Trinajstić information content (AvgIpc) is 2.87. The first kappa shape index (κ1) is 25.0. The van der Waals surface area contributed by atoms with Crippen molar-refractivity contribution in [2.45, 2.75) is 21.2 Å². The smallest absolute Gasteiger partial charge is 0.243 e. The molecule has 0 heterocycles. The molecular formula is C27H23ClN2O3S2. The summed E-state index contributed by atoms with van der Waals surface area (Å²) in [6.07, 6.45) is 0. The van der Waals surface area contributed by atoms with Crippen molar-refractivity contribution in [3.63, 3.8) is 0 Å². The molecule has 0 aliphatic rings. The van der Waals surface area contributed by atoms with Gasteiger partial charge in [0, 0.05) is 21.4 Å². The first-order valence-corrected chi connectivity index (χ1v) is 13.5. The van der Waals surface area contributed by atoms with Crippen LogP contribution in [0.4, 0.5) is 5.69 Å². The van der Waals surface area contributed by atoms with Crippen LogP contribution in [0.5, 0.6) is 0 Å². The number of hydrogen-bond acceptors (Lipinski definition) is 4. The van der Waals surface area contributed by atoms with Crippen molar-refractivity contribution in [2.75, 3.05) is 11.9 Å². The van der Waals surface area contributed by atoms with Gasteiger partial charge in [-0.1, -0.05) is 84.0 Å². The molecule has 0 saturated carbocycles. The molecule has 35 heavy (non-hydrogen) atoms. The lowest BCUT2D eigenvalue weighted by atomic mass is 10.2. The van der Waals surface area contributed by atoms with E-state index >= 15 is 0 Å². The first-order valence-electron chi connectivity index (χ1n) is 10.8. The van der Waals surface area contributed by atoms with Crippen LogP contribution < -0.4 is 5.32 Å². The van der Waals surface area contributed by atoms with Crippen LogP contribution in [-0.4, -0.2) is 25.2 Å². The van der Waals surface area contributed by atoms with Crippen LogP contribution in [0.25, 0.3) is 0 Å². The minimum atomic E-state index is -3.92. The number of amides is 1. The van der Waals surface area contributed by atoms with Gasteiger partial charge >= 0.3 is 0 Å². The highest BCUT2D eigenvalue weighted by Gasteiger charge is 2.27. The van der Waals surface area contributed by atoms with E-state index in [0.29, 0.717) is 10.7 Å². The van der Waals surface area contributed by atoms with E-state index in [2.05, 4.69) is 5.32 Å². The number of carbonyl (C=O) groups excluding carboxylic acids is 1. The lowest BCUT2D eigenvalue weighted by molar-refractivity contribution is -0.116. The quantitative estimate of drug-likeness (QED) is 0.279. The molecule has 4 aromatic carbocycles. The summed E-state index contributed by atoms with van der Waals surface area (Å²) < 4.78 is 28.0. The molecule has 178 valence electrons. The van der Waals surface area contributed by atoms with Crippen molar-refractivity contribution in [3.8, 4) is 0 Å². The maximum atomic E-state index is 13.4. The molecule has 8 heteroatoms. The highest BCUT2D eigenvalue weighted by atomic mass is 35.5. The topological polar surface area (TPSA) is 66.5 Å². The minimum Gasteiger partial charge on any atom is -0.324 e. The van der Waals surface area contributed by atoms with Gasteiger partial charge in [-0.3, -0.25) is 4.79 Å². The number of para-hydroxylation sites is 1. The molecule has 1 N–H and O–H groups in total. The lowest BCUT2D eigenvalue weighted by Crippen LogP contribution is -2.37. The Labute approximate surface area is 214 Å². The zero-order valence-electron chi connectivity index (χ0n) is 18.7. The second-order valence-electron chi connectivity index (χ2n) is 7.67. The highest BCUT2D eigenvalue weighted by Crippen LogP contribution is 2.33. The largest absolute Gasteiger partial charge is 0.324 e. The zero-order chi connectivity index (χ0) is 24.7. The number of nitrogens with zero attached hydrogens (tertiary/aromatic N) is 1. The monoisotopic (exact) mass is 522 g/mol. The number of nitrogens with one attached hydrogen (secondary N) is 1. The standard InChI is InChI=1S/C27H23ClN2O3S2/c28-22-17-15-21(16-18-22)19-30(35(32,33)24-11-5-2-6-12-24)20-27(31)29-25-13-7-8-14-26(25)34-23-9-3-1-4-10-23/h1-18H,19-20H2,(H,29,31). The fourth-order valence-electron chi connectivity index (χ4n) is 3.39. The predicted molar refractivity (Wildman–Crippen MR) is 141 cm³/mol. The normalized spacial score (nSPS) is 11.4. The molecule has 4 rings (SSSR count). The van der Waals surface area contributed by atoms with E-state index in [-0.39, 0.29) is 18.0 Å². The summed E-state index contributed by atoms with van der Waals surface area (Å²) in [7, 11) is -3.92. The Morgan fingerprint density at radius 2 is 1.40 bits per heavy atom. The second-order valence-corrected chi connectivity index (χ2v) is 11.2. The van der Waals surface area contributed by atoms with Crippen molar-refractivity contribution in [2.24, 2.45) is 0 Å². The molecular weight excluding hydrogens is 500 g/mol. The SMILES string of the molecule is O=C(CN(Cc1ccc(Cl)cc1)S(=O)(=O)c1ccccc1)Nc1ccccc1Sc1ccccc1. The molecule has 5 nitrogen and oxygen atoms in total. The van der Waals surface area contributed by atoms with Crippen molar-refractivity contribution in [3.05, 3.63) is 120 Å². The average molecular weight is 523 g/mol. The number of anilines is 1. The maximum Gasteiger partial charge on any atom is 0.243 e. The van der Waals surface area contributed by atoms with Gasteiger partial charge in [-0.05, 0) is 54.1 Å². The van der Waals surface area contributed by atoms with Crippen LogP contribution in [0, 0.1) is 0 Å². The van der Waals surface area contributed by atoms with Gasteiger partial charge in [0.1, 0.15) is 0 Å². The van der Waals surface area contributed by atoms with Gasteiger partial charge in [-0.25, -0.2) is 8.42 Å². The molecule has 0 unspecified atom stereocenters. The summed E-state index contributed by atoms with van der Waals surface area (Å²) in [5.41, 5.74) is 1.34. The Hall–Kier alpha value is -3.10. The van der Waals surface area contributed by atoms with Gasteiger partial charge in [0.15, 0.2) is 0 Å². The predicted octanol–water partition coefficient (Wildman–Crippen LogP) is 6.32. The van der Waals surface area contributed by atoms with Crippen LogP contribution >= 0.6 is 23.4 Å². The maximum absolute atomic E-state index is 13.4. The summed E-state index contributed by atoms with van der Waals surface area (Å²) in [5.74, 6) is -0.431. The molecule has 0 fully saturated rings. The number of benzene rings is 4. The Balaban J connectivity index is 1.56. The van der Waals surface area contributed by atoms with Crippen LogP contribution in [0.3, 0.4) is 0 Å². The molecule has 0 spiro atoms. The van der Waals surface area contributed by atoms with E-state index in [0.717, 1.165) is 15.4 Å². The van der Waals surface area contributed by atoms with Crippen LogP contribution in [0.15, 0.2) is 124 Å². The summed E-state index contributed by atoms with van der Waals surface area (Å²) in [5, 5.41) is 3.45. The third kappa shape index (κ3) is 6.74. The van der Waals surface area contributed by atoms with Gasteiger partial charge < -0.3 is 5.32 Å². The summed E-state index contributed by atoms with van der Waals surface area (Å²) >= 11 is 7.51. The lowest BCUT2D eigenvalue weighted by Gasteiger charge is -2.22. The van der Waals surface area contributed by atoms with E-state index in [1.54, 1.807) is 48.5 Å². The number of carbonyl (C=O) groups is 1. The van der Waals surface area contributed by atoms with E-state index in [1.165, 1.54) is 28.2 Å². The Kier molecular flexibility index (Phi) is 8.25. The summed E-state index contributed by atoms with van der Waals surface area (Å²) in [6.45, 7) is -0.313. The van der Waals surface area contributed by atoms with E-state index in [9.17, 15) is 13.2 Å². The molecule has 0 saturated heterocycles. The fraction of sp³-hybridized carbons (Fsp3) is 0.0741. The Morgan fingerprint density at radius 1 is 0.800 bits per heavy atom. The van der Waals surface area contributed by atoms with Gasteiger partial charge in [0.05, 0.1) is 17.1 Å². The fourth-order valence-corrected chi connectivity index (χ4v) is 5.84. The molecule has 0 atom stereocenters. The highest BCUT2D eigenvalue weighted by molar-refractivity contribution is 7.99. The first-order chi connectivity index (χ1) is 16.9. The van der Waals surface area contributed by atoms with Gasteiger partial charge in [-0.15, -0.1) is 0 Å². The Bertz CT molecular complexity index is 1380. The third-order valence-electron chi connectivity index (χ3n) is 5.11. The van der Waals surface area contributed by atoms with Crippen molar-refractivity contribution in [1.82, 2.24) is 4.31 Å². The Morgan fingerprint density at radius 3 is 2.09 bits per heavy atom. The molecule has 0 bridgehead atoms. The molecule has 0 aromatic heterocycles. The van der Waals surface area contributed by atoms with Gasteiger partial charge in [0.2, 0.25) is 15.9 Å². The van der Waals surface area contributed by atoms with E-state index in [4.69, 9.17) is 11.6 Å². The summed E-state index contributed by atoms with van der Waals surface area (Å²) in [6, 6.07) is 32.3. The van der Waals surface area contributed by atoms with Gasteiger partial charge in [-0.2, -0.15) is 4.31 Å². The number of hydrogen-bond donors (Lipinski definition) is 1. The van der Waals surface area contributed by atoms with Crippen LogP contribution in [-0.2, 0) is 21.4 Å². The van der Waals surface area contributed by atoms with Crippen molar-refractivity contribution < 1.29 is 13.2 Å². The van der Waals surface area contributed by atoms with Crippen molar-refractivity contribution in [1.29, 1.82) is 0 Å². The molecule has 0 radical (unpaired) electrons.